The second-order valence-electron chi connectivity index (χ2n) is 4.68. The normalized spacial score (nSPS) is 23.8. The minimum absolute atomic E-state index is 0.0713. The van der Waals surface area contributed by atoms with Gasteiger partial charge in [-0.05, 0) is 39.8 Å². The fourth-order valence-electron chi connectivity index (χ4n) is 2.24. The Hall–Kier alpha value is -0.660. The van der Waals surface area contributed by atoms with Crippen LogP contribution in [0.15, 0.2) is 0 Å². The number of piperidine rings is 1. The molecule has 0 amide bonds. The van der Waals surface area contributed by atoms with E-state index in [-0.39, 0.29) is 6.04 Å². The molecule has 6 nitrogen and oxygen atoms in total. The highest BCUT2D eigenvalue weighted by Gasteiger charge is 2.38. The standard InChI is InChI=1S/C11H22N2O4S/c1-9(11(14)15)18(16,17)13-8-4-3-5-10(13)6-7-12-2/h9-10,12H,3-8H2,1-2H3,(H,14,15). The molecule has 18 heavy (non-hydrogen) atoms. The zero-order valence-electron chi connectivity index (χ0n) is 10.9. The number of nitrogens with one attached hydrogen (secondary N) is 1. The van der Waals surface area contributed by atoms with Crippen molar-refractivity contribution in [1.82, 2.24) is 9.62 Å². The Kier molecular flexibility index (Phi) is 5.55. The molecule has 1 aliphatic rings. The van der Waals surface area contributed by atoms with Gasteiger partial charge in [0.1, 0.15) is 0 Å². The van der Waals surface area contributed by atoms with Crippen LogP contribution >= 0.6 is 0 Å². The van der Waals surface area contributed by atoms with Crippen LogP contribution in [0.2, 0.25) is 0 Å². The molecule has 0 aromatic heterocycles. The molecule has 1 heterocycles. The van der Waals surface area contributed by atoms with Gasteiger partial charge in [-0.15, -0.1) is 0 Å². The molecule has 0 radical (unpaired) electrons. The molecule has 2 N–H and O–H groups in total. The van der Waals surface area contributed by atoms with Crippen LogP contribution in [0, 0.1) is 0 Å². The van der Waals surface area contributed by atoms with Gasteiger partial charge in [0.25, 0.3) is 0 Å². The van der Waals surface area contributed by atoms with E-state index in [1.165, 1.54) is 11.2 Å². The second kappa shape index (κ2) is 6.49. The lowest BCUT2D eigenvalue weighted by atomic mass is 10.0. The average molecular weight is 278 g/mol. The predicted molar refractivity (Wildman–Crippen MR) is 68.9 cm³/mol. The van der Waals surface area contributed by atoms with Crippen molar-refractivity contribution in [1.29, 1.82) is 0 Å². The Morgan fingerprint density at radius 1 is 1.50 bits per heavy atom. The summed E-state index contributed by atoms with van der Waals surface area (Å²) in [5, 5.41) is 10.5. The number of nitrogens with zero attached hydrogens (tertiary/aromatic N) is 1. The largest absolute Gasteiger partial charge is 0.480 e. The quantitative estimate of drug-likeness (QED) is 0.727. The van der Waals surface area contributed by atoms with Crippen molar-refractivity contribution in [3.8, 4) is 0 Å². The first kappa shape index (κ1) is 15.4. The summed E-state index contributed by atoms with van der Waals surface area (Å²) in [4.78, 5) is 10.9. The van der Waals surface area contributed by atoms with Crippen molar-refractivity contribution >= 4 is 16.0 Å². The van der Waals surface area contributed by atoms with E-state index in [1.807, 2.05) is 7.05 Å². The van der Waals surface area contributed by atoms with E-state index in [4.69, 9.17) is 5.11 Å². The van der Waals surface area contributed by atoms with Crippen LogP contribution in [0.25, 0.3) is 0 Å². The first-order valence-corrected chi connectivity index (χ1v) is 7.79. The van der Waals surface area contributed by atoms with Gasteiger partial charge >= 0.3 is 5.97 Å². The first-order valence-electron chi connectivity index (χ1n) is 6.29. The SMILES string of the molecule is CNCCC1CCCCN1S(=O)(=O)C(C)C(=O)O. The summed E-state index contributed by atoms with van der Waals surface area (Å²) >= 11 is 0. The van der Waals surface area contributed by atoms with E-state index in [1.54, 1.807) is 0 Å². The Morgan fingerprint density at radius 2 is 2.17 bits per heavy atom. The van der Waals surface area contributed by atoms with Crippen LogP contribution in [0.4, 0.5) is 0 Å². The zero-order chi connectivity index (χ0) is 13.8. The van der Waals surface area contributed by atoms with Crippen LogP contribution in [0.5, 0.6) is 0 Å². The highest BCUT2D eigenvalue weighted by molar-refractivity contribution is 7.90. The van der Waals surface area contributed by atoms with Crippen molar-refractivity contribution in [3.05, 3.63) is 0 Å². The topological polar surface area (TPSA) is 86.7 Å². The van der Waals surface area contributed by atoms with Crippen LogP contribution in [-0.2, 0) is 14.8 Å². The maximum Gasteiger partial charge on any atom is 0.323 e. The number of carbonyl (C=O) groups is 1. The smallest absolute Gasteiger partial charge is 0.323 e. The number of aliphatic carboxylic acids is 1. The third-order valence-corrected chi connectivity index (χ3v) is 5.65. The molecule has 1 rings (SSSR count). The predicted octanol–water partition coefficient (Wildman–Crippen LogP) is 0.253. The summed E-state index contributed by atoms with van der Waals surface area (Å²) in [6, 6.07) is -0.0713. The third-order valence-electron chi connectivity index (χ3n) is 3.42. The molecule has 1 aliphatic heterocycles. The van der Waals surface area contributed by atoms with Gasteiger partial charge in [-0.1, -0.05) is 6.42 Å². The summed E-state index contributed by atoms with van der Waals surface area (Å²) in [5.41, 5.74) is 0. The van der Waals surface area contributed by atoms with Crippen molar-refractivity contribution in [2.45, 2.75) is 43.9 Å². The molecule has 0 saturated carbocycles. The van der Waals surface area contributed by atoms with Gasteiger partial charge in [0.15, 0.2) is 5.25 Å². The van der Waals surface area contributed by atoms with Gasteiger partial charge in [0.2, 0.25) is 10.0 Å². The molecule has 0 spiro atoms. The van der Waals surface area contributed by atoms with Crippen LogP contribution < -0.4 is 5.32 Å². The van der Waals surface area contributed by atoms with E-state index in [0.717, 1.165) is 32.2 Å². The van der Waals surface area contributed by atoms with Gasteiger partial charge in [-0.3, -0.25) is 4.79 Å². The number of carboxylic acids is 1. The number of sulfonamides is 1. The highest BCUT2D eigenvalue weighted by Crippen LogP contribution is 2.24. The monoisotopic (exact) mass is 278 g/mol. The molecular formula is C11H22N2O4S. The van der Waals surface area contributed by atoms with E-state index in [9.17, 15) is 13.2 Å². The van der Waals surface area contributed by atoms with E-state index >= 15 is 0 Å². The summed E-state index contributed by atoms with van der Waals surface area (Å²) in [6.45, 7) is 2.41. The Labute approximate surface area is 108 Å². The van der Waals surface area contributed by atoms with Crippen LogP contribution in [0.1, 0.15) is 32.6 Å². The average Bonchev–Trinajstić information content (AvgIpc) is 2.35. The Morgan fingerprint density at radius 3 is 2.72 bits per heavy atom. The zero-order valence-corrected chi connectivity index (χ0v) is 11.7. The van der Waals surface area contributed by atoms with E-state index < -0.39 is 21.2 Å². The van der Waals surface area contributed by atoms with Crippen LogP contribution in [-0.4, -0.2) is 55.2 Å². The maximum absolute atomic E-state index is 12.2. The highest BCUT2D eigenvalue weighted by atomic mass is 32.2. The summed E-state index contributed by atoms with van der Waals surface area (Å²) in [7, 11) is -1.91. The van der Waals surface area contributed by atoms with Crippen molar-refractivity contribution in [2.75, 3.05) is 20.1 Å². The molecular weight excluding hydrogens is 256 g/mol. The number of carboxylic acid groups (broad SMARTS) is 1. The Balaban J connectivity index is 2.85. The lowest BCUT2D eigenvalue weighted by Crippen LogP contribution is -2.49. The van der Waals surface area contributed by atoms with Gasteiger partial charge in [0.05, 0.1) is 0 Å². The van der Waals surface area contributed by atoms with Crippen LogP contribution in [0.3, 0.4) is 0 Å². The molecule has 1 saturated heterocycles. The minimum Gasteiger partial charge on any atom is -0.480 e. The molecule has 1 fully saturated rings. The molecule has 2 unspecified atom stereocenters. The molecule has 0 aromatic carbocycles. The summed E-state index contributed by atoms with van der Waals surface area (Å²) < 4.78 is 25.8. The van der Waals surface area contributed by atoms with Crippen molar-refractivity contribution < 1.29 is 18.3 Å². The minimum atomic E-state index is -3.73. The molecule has 0 aromatic rings. The lowest BCUT2D eigenvalue weighted by molar-refractivity contribution is -0.136. The number of hydrogen-bond acceptors (Lipinski definition) is 4. The van der Waals surface area contributed by atoms with E-state index in [0.29, 0.717) is 6.54 Å². The fraction of sp³-hybridized carbons (Fsp3) is 0.909. The van der Waals surface area contributed by atoms with Crippen molar-refractivity contribution in [3.63, 3.8) is 0 Å². The van der Waals surface area contributed by atoms with E-state index in [2.05, 4.69) is 5.32 Å². The van der Waals surface area contributed by atoms with Crippen molar-refractivity contribution in [2.24, 2.45) is 0 Å². The molecule has 106 valence electrons. The fourth-order valence-corrected chi connectivity index (χ4v) is 3.91. The summed E-state index contributed by atoms with van der Waals surface area (Å²) in [5.74, 6) is -1.28. The molecule has 2 atom stereocenters. The molecule has 0 aliphatic carbocycles. The maximum atomic E-state index is 12.2. The van der Waals surface area contributed by atoms with Gasteiger partial charge < -0.3 is 10.4 Å². The van der Waals surface area contributed by atoms with Gasteiger partial charge in [-0.25, -0.2) is 8.42 Å². The number of rotatable bonds is 6. The van der Waals surface area contributed by atoms with Gasteiger partial charge in [0, 0.05) is 12.6 Å². The molecule has 0 bridgehead atoms. The third kappa shape index (κ3) is 3.43. The van der Waals surface area contributed by atoms with Gasteiger partial charge in [-0.2, -0.15) is 4.31 Å². The second-order valence-corrected chi connectivity index (χ2v) is 6.88. The Bertz CT molecular complexity index is 383. The first-order chi connectivity index (χ1) is 8.41. The molecule has 7 heteroatoms. The lowest BCUT2D eigenvalue weighted by Gasteiger charge is -2.35. The number of hydrogen-bond donors (Lipinski definition) is 2. The summed E-state index contributed by atoms with van der Waals surface area (Å²) in [6.07, 6.45) is 3.35.